The summed E-state index contributed by atoms with van der Waals surface area (Å²) in [5.41, 5.74) is 0. The lowest BCUT2D eigenvalue weighted by atomic mass is 10.1. The Morgan fingerprint density at radius 1 is 1.53 bits per heavy atom. The Hall–Kier alpha value is -0.870. The van der Waals surface area contributed by atoms with Gasteiger partial charge in [-0.2, -0.15) is 0 Å². The third-order valence-electron chi connectivity index (χ3n) is 2.72. The second kappa shape index (κ2) is 7.45. The molecule has 1 amide bonds. The Morgan fingerprint density at radius 3 is 2.88 bits per heavy atom. The summed E-state index contributed by atoms with van der Waals surface area (Å²) in [7, 11) is 0. The van der Waals surface area contributed by atoms with Crippen LogP contribution in [0.3, 0.4) is 0 Å². The van der Waals surface area contributed by atoms with Crippen LogP contribution in [0.4, 0.5) is 0 Å². The van der Waals surface area contributed by atoms with E-state index in [-0.39, 0.29) is 24.5 Å². The molecule has 1 heterocycles. The second-order valence-corrected chi connectivity index (χ2v) is 5.49. The molecule has 0 aliphatic carbocycles. The number of hydrogen-bond acceptors (Lipinski definition) is 3. The first-order valence-corrected chi connectivity index (χ1v) is 6.95. The van der Waals surface area contributed by atoms with Gasteiger partial charge in [0.15, 0.2) is 0 Å². The van der Waals surface area contributed by atoms with Crippen molar-refractivity contribution in [1.82, 2.24) is 5.32 Å². The molecule has 0 spiro atoms. The van der Waals surface area contributed by atoms with E-state index in [0.717, 1.165) is 19.3 Å². The maximum atomic E-state index is 11.9. The lowest BCUT2D eigenvalue weighted by Crippen LogP contribution is -2.37. The molecule has 0 aliphatic heterocycles. The van der Waals surface area contributed by atoms with E-state index in [9.17, 15) is 4.79 Å². The van der Waals surface area contributed by atoms with Crippen LogP contribution in [0.1, 0.15) is 31.6 Å². The van der Waals surface area contributed by atoms with Crippen molar-refractivity contribution in [1.29, 1.82) is 0 Å². The SMILES string of the molecule is CC(CCCO)NC(=O)C(C)Cc1cccs1. The zero-order valence-electron chi connectivity index (χ0n) is 10.5. The van der Waals surface area contributed by atoms with Gasteiger partial charge in [0.25, 0.3) is 0 Å². The van der Waals surface area contributed by atoms with E-state index < -0.39 is 0 Å². The van der Waals surface area contributed by atoms with Gasteiger partial charge in [-0.3, -0.25) is 4.79 Å². The van der Waals surface area contributed by atoms with E-state index in [1.165, 1.54) is 4.88 Å². The predicted octanol–water partition coefficient (Wildman–Crippen LogP) is 2.20. The number of rotatable bonds is 7. The fourth-order valence-electron chi connectivity index (χ4n) is 1.68. The number of aliphatic hydroxyl groups is 1. The number of hydrogen-bond donors (Lipinski definition) is 2. The normalized spacial score (nSPS) is 14.3. The van der Waals surface area contributed by atoms with Crippen molar-refractivity contribution in [2.75, 3.05) is 6.61 Å². The van der Waals surface area contributed by atoms with Crippen LogP contribution in [0.5, 0.6) is 0 Å². The summed E-state index contributed by atoms with van der Waals surface area (Å²) in [6, 6.07) is 4.21. The molecule has 2 unspecified atom stereocenters. The van der Waals surface area contributed by atoms with Crippen LogP contribution in [-0.2, 0) is 11.2 Å². The zero-order chi connectivity index (χ0) is 12.7. The Morgan fingerprint density at radius 2 is 2.29 bits per heavy atom. The van der Waals surface area contributed by atoms with Crippen molar-refractivity contribution in [2.45, 2.75) is 39.2 Å². The lowest BCUT2D eigenvalue weighted by Gasteiger charge is -2.16. The van der Waals surface area contributed by atoms with Crippen LogP contribution in [0.15, 0.2) is 17.5 Å². The van der Waals surface area contributed by atoms with Crippen LogP contribution >= 0.6 is 11.3 Å². The van der Waals surface area contributed by atoms with Gasteiger partial charge in [0, 0.05) is 23.4 Å². The molecule has 4 heteroatoms. The van der Waals surface area contributed by atoms with Crippen molar-refractivity contribution in [3.05, 3.63) is 22.4 Å². The van der Waals surface area contributed by atoms with E-state index in [1.807, 2.05) is 25.3 Å². The molecule has 0 radical (unpaired) electrons. The molecule has 3 nitrogen and oxygen atoms in total. The number of thiophene rings is 1. The highest BCUT2D eigenvalue weighted by molar-refractivity contribution is 7.09. The summed E-state index contributed by atoms with van der Waals surface area (Å²) < 4.78 is 0. The van der Waals surface area contributed by atoms with Gasteiger partial charge in [-0.05, 0) is 37.6 Å². The smallest absolute Gasteiger partial charge is 0.223 e. The van der Waals surface area contributed by atoms with Gasteiger partial charge in [-0.25, -0.2) is 0 Å². The molecule has 2 atom stereocenters. The number of nitrogens with one attached hydrogen (secondary N) is 1. The number of carbonyl (C=O) groups is 1. The molecule has 17 heavy (non-hydrogen) atoms. The van der Waals surface area contributed by atoms with Crippen molar-refractivity contribution in [3.8, 4) is 0 Å². The molecular formula is C13H21NO2S. The van der Waals surface area contributed by atoms with Crippen LogP contribution in [0.2, 0.25) is 0 Å². The molecule has 2 N–H and O–H groups in total. The minimum absolute atomic E-state index is 0.00484. The molecule has 0 aliphatic rings. The molecule has 0 fully saturated rings. The molecule has 1 aromatic rings. The van der Waals surface area contributed by atoms with Gasteiger partial charge >= 0.3 is 0 Å². The fraction of sp³-hybridized carbons (Fsp3) is 0.615. The summed E-state index contributed by atoms with van der Waals surface area (Å²) in [5.74, 6) is 0.106. The van der Waals surface area contributed by atoms with Gasteiger partial charge < -0.3 is 10.4 Å². The molecular weight excluding hydrogens is 234 g/mol. The first-order chi connectivity index (χ1) is 8.13. The van der Waals surface area contributed by atoms with Gasteiger partial charge in [0.2, 0.25) is 5.91 Å². The molecule has 96 valence electrons. The Labute approximate surface area is 107 Å². The van der Waals surface area contributed by atoms with E-state index in [0.29, 0.717) is 0 Å². The first-order valence-electron chi connectivity index (χ1n) is 6.07. The average molecular weight is 255 g/mol. The molecule has 0 saturated heterocycles. The van der Waals surface area contributed by atoms with E-state index in [4.69, 9.17) is 5.11 Å². The summed E-state index contributed by atoms with van der Waals surface area (Å²) in [6.45, 7) is 4.12. The van der Waals surface area contributed by atoms with Crippen molar-refractivity contribution in [2.24, 2.45) is 5.92 Å². The summed E-state index contributed by atoms with van der Waals surface area (Å²) in [6.07, 6.45) is 2.37. The van der Waals surface area contributed by atoms with Crippen molar-refractivity contribution in [3.63, 3.8) is 0 Å². The number of carbonyl (C=O) groups excluding carboxylic acids is 1. The Balaban J connectivity index is 2.31. The fourth-order valence-corrected chi connectivity index (χ4v) is 2.51. The van der Waals surface area contributed by atoms with Crippen LogP contribution < -0.4 is 5.32 Å². The Bertz CT molecular complexity index is 324. The molecule has 0 aromatic carbocycles. The maximum absolute atomic E-state index is 11.9. The highest BCUT2D eigenvalue weighted by Gasteiger charge is 2.15. The van der Waals surface area contributed by atoms with E-state index >= 15 is 0 Å². The minimum atomic E-state index is 0.00484. The molecule has 0 saturated carbocycles. The average Bonchev–Trinajstić information content (AvgIpc) is 2.78. The van der Waals surface area contributed by atoms with Crippen molar-refractivity contribution >= 4 is 17.2 Å². The molecule has 1 aromatic heterocycles. The topological polar surface area (TPSA) is 49.3 Å². The molecule has 0 bridgehead atoms. The van der Waals surface area contributed by atoms with Crippen LogP contribution in [0, 0.1) is 5.92 Å². The Kier molecular flexibility index (Phi) is 6.22. The highest BCUT2D eigenvalue weighted by Crippen LogP contribution is 2.14. The second-order valence-electron chi connectivity index (χ2n) is 4.46. The van der Waals surface area contributed by atoms with Crippen molar-refractivity contribution < 1.29 is 9.90 Å². The predicted molar refractivity (Wildman–Crippen MR) is 71.1 cm³/mol. The standard InChI is InChI=1S/C13H21NO2S/c1-10(9-12-6-4-8-17-12)13(16)14-11(2)5-3-7-15/h4,6,8,10-11,15H,3,5,7,9H2,1-2H3,(H,14,16). The molecule has 1 rings (SSSR count). The maximum Gasteiger partial charge on any atom is 0.223 e. The summed E-state index contributed by atoms with van der Waals surface area (Å²) in [4.78, 5) is 13.1. The first kappa shape index (κ1) is 14.2. The van der Waals surface area contributed by atoms with Gasteiger partial charge in [0.1, 0.15) is 0 Å². The van der Waals surface area contributed by atoms with Gasteiger partial charge in [0.05, 0.1) is 0 Å². The minimum Gasteiger partial charge on any atom is -0.396 e. The monoisotopic (exact) mass is 255 g/mol. The van der Waals surface area contributed by atoms with Gasteiger partial charge in [-0.15, -0.1) is 11.3 Å². The lowest BCUT2D eigenvalue weighted by molar-refractivity contribution is -0.125. The van der Waals surface area contributed by atoms with Gasteiger partial charge in [-0.1, -0.05) is 13.0 Å². The third kappa shape index (κ3) is 5.33. The summed E-state index contributed by atoms with van der Waals surface area (Å²) in [5, 5.41) is 13.7. The largest absolute Gasteiger partial charge is 0.396 e. The highest BCUT2D eigenvalue weighted by atomic mass is 32.1. The quantitative estimate of drug-likeness (QED) is 0.785. The van der Waals surface area contributed by atoms with E-state index in [2.05, 4.69) is 11.4 Å². The summed E-state index contributed by atoms with van der Waals surface area (Å²) >= 11 is 1.69. The zero-order valence-corrected chi connectivity index (χ0v) is 11.3. The third-order valence-corrected chi connectivity index (χ3v) is 3.62. The van der Waals surface area contributed by atoms with Crippen LogP contribution in [0.25, 0.3) is 0 Å². The van der Waals surface area contributed by atoms with Crippen LogP contribution in [-0.4, -0.2) is 23.7 Å². The number of amides is 1. The number of aliphatic hydroxyl groups excluding tert-OH is 1. The van der Waals surface area contributed by atoms with E-state index in [1.54, 1.807) is 11.3 Å².